The van der Waals surface area contributed by atoms with Gasteiger partial charge in [0.1, 0.15) is 5.38 Å². The van der Waals surface area contributed by atoms with Crippen LogP contribution in [0.2, 0.25) is 0 Å². The molecule has 2 rings (SSSR count). The number of rotatable bonds is 6. The van der Waals surface area contributed by atoms with Crippen molar-refractivity contribution in [2.45, 2.75) is 63.2 Å². The van der Waals surface area contributed by atoms with E-state index in [1.54, 1.807) is 6.92 Å². The number of carbonyl (C=O) groups excluding carboxylic acids is 1. The Balaban J connectivity index is 1.83. The minimum Gasteiger partial charge on any atom is -0.465 e. The van der Waals surface area contributed by atoms with E-state index in [1.165, 1.54) is 43.2 Å². The van der Waals surface area contributed by atoms with Crippen molar-refractivity contribution in [3.05, 3.63) is 35.4 Å². The Labute approximate surface area is 132 Å². The molecule has 1 unspecified atom stereocenters. The van der Waals surface area contributed by atoms with E-state index in [2.05, 4.69) is 24.3 Å². The summed E-state index contributed by atoms with van der Waals surface area (Å²) in [6.45, 7) is 2.18. The molecular weight excluding hydrogens is 284 g/mol. The standard InChI is InChI=1S/C18H25ClO2/c1-2-21-18(20)17(19)13-10-14-8-11-16(12-9-14)15-6-4-3-5-7-15/h8-9,11-12,15,17H,2-7,10,13H2,1H3. The number of carbonyl (C=O) groups is 1. The van der Waals surface area contributed by atoms with E-state index in [0.29, 0.717) is 13.0 Å². The highest BCUT2D eigenvalue weighted by molar-refractivity contribution is 6.29. The van der Waals surface area contributed by atoms with Crippen LogP contribution in [0.25, 0.3) is 0 Å². The van der Waals surface area contributed by atoms with Crippen molar-refractivity contribution >= 4 is 17.6 Å². The molecule has 0 aromatic heterocycles. The molecule has 0 aliphatic heterocycles. The van der Waals surface area contributed by atoms with Crippen LogP contribution in [0.3, 0.4) is 0 Å². The second-order valence-electron chi connectivity index (χ2n) is 5.83. The molecule has 1 saturated carbocycles. The minimum atomic E-state index is -0.539. The molecule has 1 aromatic carbocycles. The van der Waals surface area contributed by atoms with E-state index in [4.69, 9.17) is 16.3 Å². The molecule has 1 aliphatic carbocycles. The molecule has 0 radical (unpaired) electrons. The fourth-order valence-electron chi connectivity index (χ4n) is 3.04. The lowest BCUT2D eigenvalue weighted by molar-refractivity contribution is -0.142. The van der Waals surface area contributed by atoms with Crippen LogP contribution in [0.5, 0.6) is 0 Å². The lowest BCUT2D eigenvalue weighted by Crippen LogP contribution is -2.18. The first kappa shape index (κ1) is 16.4. The fourth-order valence-corrected chi connectivity index (χ4v) is 3.21. The van der Waals surface area contributed by atoms with Crippen molar-refractivity contribution < 1.29 is 9.53 Å². The summed E-state index contributed by atoms with van der Waals surface area (Å²) >= 11 is 6.04. The highest BCUT2D eigenvalue weighted by Gasteiger charge is 2.17. The van der Waals surface area contributed by atoms with Gasteiger partial charge in [-0.05, 0) is 49.7 Å². The predicted octanol–water partition coefficient (Wildman–Crippen LogP) is 4.84. The van der Waals surface area contributed by atoms with Gasteiger partial charge in [0.2, 0.25) is 0 Å². The number of hydrogen-bond donors (Lipinski definition) is 0. The molecule has 0 heterocycles. The largest absolute Gasteiger partial charge is 0.465 e. The molecular formula is C18H25ClO2. The SMILES string of the molecule is CCOC(=O)C(Cl)CCc1ccc(C2CCCCC2)cc1. The second kappa shape index (κ2) is 8.43. The molecule has 21 heavy (non-hydrogen) atoms. The van der Waals surface area contributed by atoms with Gasteiger partial charge >= 0.3 is 5.97 Å². The summed E-state index contributed by atoms with van der Waals surface area (Å²) in [5, 5.41) is -0.539. The van der Waals surface area contributed by atoms with Gasteiger partial charge in [-0.15, -0.1) is 11.6 Å². The van der Waals surface area contributed by atoms with Gasteiger partial charge < -0.3 is 4.74 Å². The Bertz CT molecular complexity index is 435. The Morgan fingerprint density at radius 1 is 1.24 bits per heavy atom. The lowest BCUT2D eigenvalue weighted by Gasteiger charge is -2.22. The van der Waals surface area contributed by atoms with E-state index < -0.39 is 5.38 Å². The highest BCUT2D eigenvalue weighted by atomic mass is 35.5. The monoisotopic (exact) mass is 308 g/mol. The molecule has 116 valence electrons. The van der Waals surface area contributed by atoms with Crippen molar-refractivity contribution in [1.82, 2.24) is 0 Å². The van der Waals surface area contributed by atoms with E-state index in [1.807, 2.05) is 0 Å². The van der Waals surface area contributed by atoms with Crippen LogP contribution in [0.4, 0.5) is 0 Å². The summed E-state index contributed by atoms with van der Waals surface area (Å²) in [6, 6.07) is 8.86. The lowest BCUT2D eigenvalue weighted by atomic mass is 9.84. The molecule has 1 atom stereocenters. The Morgan fingerprint density at radius 2 is 1.90 bits per heavy atom. The molecule has 3 heteroatoms. The number of aryl methyl sites for hydroxylation is 1. The van der Waals surface area contributed by atoms with Crippen LogP contribution >= 0.6 is 11.6 Å². The average Bonchev–Trinajstić information content (AvgIpc) is 2.54. The van der Waals surface area contributed by atoms with Crippen molar-refractivity contribution in [2.75, 3.05) is 6.61 Å². The molecule has 0 bridgehead atoms. The average molecular weight is 309 g/mol. The van der Waals surface area contributed by atoms with E-state index in [9.17, 15) is 4.79 Å². The molecule has 0 spiro atoms. The zero-order chi connectivity index (χ0) is 15.1. The van der Waals surface area contributed by atoms with Crippen LogP contribution < -0.4 is 0 Å². The number of alkyl halides is 1. The maximum Gasteiger partial charge on any atom is 0.324 e. The van der Waals surface area contributed by atoms with Crippen LogP contribution in [0.15, 0.2) is 24.3 Å². The van der Waals surface area contributed by atoms with Gasteiger partial charge in [-0.1, -0.05) is 43.5 Å². The van der Waals surface area contributed by atoms with Crippen molar-refractivity contribution in [2.24, 2.45) is 0 Å². The molecule has 2 nitrogen and oxygen atoms in total. The maximum atomic E-state index is 11.5. The summed E-state index contributed by atoms with van der Waals surface area (Å²) in [5.41, 5.74) is 2.70. The van der Waals surface area contributed by atoms with Crippen LogP contribution in [0.1, 0.15) is 62.5 Å². The van der Waals surface area contributed by atoms with Crippen molar-refractivity contribution in [3.8, 4) is 0 Å². The summed E-state index contributed by atoms with van der Waals surface area (Å²) in [7, 11) is 0. The molecule has 0 saturated heterocycles. The minimum absolute atomic E-state index is 0.307. The van der Waals surface area contributed by atoms with Gasteiger partial charge in [0.25, 0.3) is 0 Å². The van der Waals surface area contributed by atoms with Crippen LogP contribution in [-0.2, 0) is 16.0 Å². The molecule has 1 aromatic rings. The summed E-state index contributed by atoms with van der Waals surface area (Å²) in [4.78, 5) is 11.5. The maximum absolute atomic E-state index is 11.5. The summed E-state index contributed by atoms with van der Waals surface area (Å²) in [5.74, 6) is 0.436. The molecule has 1 aliphatic rings. The van der Waals surface area contributed by atoms with Crippen LogP contribution in [0, 0.1) is 0 Å². The Kier molecular flexibility index (Phi) is 6.56. The van der Waals surface area contributed by atoms with Crippen molar-refractivity contribution in [3.63, 3.8) is 0 Å². The number of hydrogen-bond acceptors (Lipinski definition) is 2. The third-order valence-corrected chi connectivity index (χ3v) is 4.68. The zero-order valence-corrected chi connectivity index (χ0v) is 13.6. The third kappa shape index (κ3) is 5.03. The fraction of sp³-hybridized carbons (Fsp3) is 0.611. The topological polar surface area (TPSA) is 26.3 Å². The van der Waals surface area contributed by atoms with Crippen molar-refractivity contribution in [1.29, 1.82) is 0 Å². The molecule has 0 amide bonds. The predicted molar refractivity (Wildman–Crippen MR) is 86.9 cm³/mol. The van der Waals surface area contributed by atoms with Gasteiger partial charge in [-0.3, -0.25) is 4.79 Å². The quantitative estimate of drug-likeness (QED) is 0.555. The zero-order valence-electron chi connectivity index (χ0n) is 12.8. The first-order chi connectivity index (χ1) is 10.2. The third-order valence-electron chi connectivity index (χ3n) is 4.29. The summed E-state index contributed by atoms with van der Waals surface area (Å²) < 4.78 is 4.92. The number of benzene rings is 1. The van der Waals surface area contributed by atoms with Gasteiger partial charge in [-0.25, -0.2) is 0 Å². The van der Waals surface area contributed by atoms with Crippen LogP contribution in [-0.4, -0.2) is 18.0 Å². The number of esters is 1. The van der Waals surface area contributed by atoms with Gasteiger partial charge in [0, 0.05) is 0 Å². The first-order valence-electron chi connectivity index (χ1n) is 8.10. The van der Waals surface area contributed by atoms with Gasteiger partial charge in [-0.2, -0.15) is 0 Å². The number of halogens is 1. The summed E-state index contributed by atoms with van der Waals surface area (Å²) in [6.07, 6.45) is 8.21. The van der Waals surface area contributed by atoms with Gasteiger partial charge in [0.05, 0.1) is 6.61 Å². The highest BCUT2D eigenvalue weighted by Crippen LogP contribution is 2.32. The second-order valence-corrected chi connectivity index (χ2v) is 6.36. The Morgan fingerprint density at radius 3 is 2.52 bits per heavy atom. The normalized spacial score (nSPS) is 17.4. The number of ether oxygens (including phenoxy) is 1. The van der Waals surface area contributed by atoms with Gasteiger partial charge in [0.15, 0.2) is 0 Å². The Hall–Kier alpha value is -1.02. The first-order valence-corrected chi connectivity index (χ1v) is 8.54. The molecule has 0 N–H and O–H groups in total. The molecule has 1 fully saturated rings. The van der Waals surface area contributed by atoms with E-state index >= 15 is 0 Å². The smallest absolute Gasteiger partial charge is 0.324 e. The van der Waals surface area contributed by atoms with E-state index in [0.717, 1.165) is 12.3 Å². The van der Waals surface area contributed by atoms with E-state index in [-0.39, 0.29) is 5.97 Å².